The second-order valence-corrected chi connectivity index (χ2v) is 9.79. The number of halogens is 1. The van der Waals surface area contributed by atoms with Crippen molar-refractivity contribution in [2.45, 2.75) is 6.42 Å². The lowest BCUT2D eigenvalue weighted by atomic mass is 10.0. The third kappa shape index (κ3) is 5.55. The summed E-state index contributed by atoms with van der Waals surface area (Å²) in [5.41, 5.74) is 1.10. The summed E-state index contributed by atoms with van der Waals surface area (Å²) in [6.07, 6.45) is 0.340. The molecule has 2 aliphatic rings. The maximum atomic E-state index is 14.7. The molecule has 1 N–H and O–H groups in total. The zero-order valence-corrected chi connectivity index (χ0v) is 21.0. The van der Waals surface area contributed by atoms with Gasteiger partial charge in [0.15, 0.2) is 0 Å². The van der Waals surface area contributed by atoms with E-state index in [1.807, 2.05) is 12.1 Å². The number of rotatable bonds is 5. The molecule has 0 bridgehead atoms. The van der Waals surface area contributed by atoms with E-state index in [0.717, 1.165) is 37.1 Å². The molecule has 2 aromatic carbocycles. The Morgan fingerprint density at radius 2 is 1.59 bits per heavy atom. The number of carbonyl (C=O) groups is 2. The number of nitrogens with one attached hydrogen (secondary N) is 1. The quantitative estimate of drug-likeness (QED) is 0.559. The Labute approximate surface area is 214 Å². The second kappa shape index (κ2) is 10.8. The first-order chi connectivity index (χ1) is 17.9. The van der Waals surface area contributed by atoms with Crippen molar-refractivity contribution in [2.24, 2.45) is 0 Å². The highest BCUT2D eigenvalue weighted by atomic mass is 19.1. The fraction of sp³-hybridized carbons (Fsp3) is 0.407. The molecule has 194 valence electrons. The number of piperazine rings is 2. The van der Waals surface area contributed by atoms with Crippen LogP contribution in [0.4, 0.5) is 4.39 Å². The molecule has 10 heteroatoms. The molecule has 2 saturated heterocycles. The van der Waals surface area contributed by atoms with E-state index in [0.29, 0.717) is 50.2 Å². The van der Waals surface area contributed by atoms with Crippen molar-refractivity contribution in [1.29, 1.82) is 0 Å². The van der Waals surface area contributed by atoms with E-state index in [1.165, 1.54) is 6.07 Å². The number of H-pyrrole nitrogens is 1. The molecule has 0 aliphatic carbocycles. The summed E-state index contributed by atoms with van der Waals surface area (Å²) in [6.45, 7) is 5.66. The molecule has 5 rings (SSSR count). The van der Waals surface area contributed by atoms with Crippen LogP contribution in [0.3, 0.4) is 0 Å². The van der Waals surface area contributed by atoms with Crippen LogP contribution in [-0.2, 0) is 11.2 Å². The average Bonchev–Trinajstić information content (AvgIpc) is 2.92. The van der Waals surface area contributed by atoms with Crippen LogP contribution in [0.1, 0.15) is 21.6 Å². The van der Waals surface area contributed by atoms with E-state index in [-0.39, 0.29) is 22.9 Å². The Kier molecular flexibility index (Phi) is 7.29. The fourth-order valence-corrected chi connectivity index (χ4v) is 4.97. The minimum Gasteiger partial charge on any atom is -0.338 e. The second-order valence-electron chi connectivity index (χ2n) is 9.79. The van der Waals surface area contributed by atoms with Gasteiger partial charge in [-0.3, -0.25) is 19.3 Å². The number of carbonyl (C=O) groups excluding carboxylic acids is 2. The third-order valence-corrected chi connectivity index (χ3v) is 7.28. The molecule has 37 heavy (non-hydrogen) atoms. The zero-order chi connectivity index (χ0) is 25.9. The van der Waals surface area contributed by atoms with Gasteiger partial charge in [0.25, 0.3) is 11.5 Å². The lowest BCUT2D eigenvalue weighted by molar-refractivity contribution is -0.134. The summed E-state index contributed by atoms with van der Waals surface area (Å²) in [5, 5.41) is 7.96. The van der Waals surface area contributed by atoms with Crippen LogP contribution in [0, 0.1) is 5.82 Å². The monoisotopic (exact) mass is 506 g/mol. The number of fused-ring (bicyclic) bond motifs is 1. The number of aromatic nitrogens is 2. The van der Waals surface area contributed by atoms with E-state index in [2.05, 4.69) is 27.0 Å². The summed E-state index contributed by atoms with van der Waals surface area (Å²) < 4.78 is 14.7. The van der Waals surface area contributed by atoms with Crippen molar-refractivity contribution in [3.8, 4) is 0 Å². The third-order valence-electron chi connectivity index (χ3n) is 7.28. The number of benzene rings is 2. The Balaban J connectivity index is 1.23. The number of hydrogen-bond donors (Lipinski definition) is 1. The molecular weight excluding hydrogens is 475 g/mol. The zero-order valence-electron chi connectivity index (χ0n) is 21.0. The lowest BCUT2D eigenvalue weighted by Gasteiger charge is -2.37. The summed E-state index contributed by atoms with van der Waals surface area (Å²) in [5.74, 6) is -0.892. The molecule has 0 unspecified atom stereocenters. The van der Waals surface area contributed by atoms with E-state index < -0.39 is 5.82 Å². The van der Waals surface area contributed by atoms with Gasteiger partial charge in [0.1, 0.15) is 5.82 Å². The molecular formula is C27H31FN6O3. The van der Waals surface area contributed by atoms with Crippen molar-refractivity contribution in [3.63, 3.8) is 0 Å². The smallest absolute Gasteiger partial charge is 0.272 e. The van der Waals surface area contributed by atoms with Crippen LogP contribution < -0.4 is 5.56 Å². The topological polar surface area (TPSA) is 92.8 Å². The number of hydrogen-bond acceptors (Lipinski definition) is 6. The largest absolute Gasteiger partial charge is 0.338 e. The van der Waals surface area contributed by atoms with E-state index in [4.69, 9.17) is 0 Å². The normalized spacial score (nSPS) is 17.4. The van der Waals surface area contributed by atoms with Gasteiger partial charge in [-0.2, -0.15) is 5.10 Å². The highest BCUT2D eigenvalue weighted by molar-refractivity contribution is 5.95. The Morgan fingerprint density at radius 1 is 0.919 bits per heavy atom. The number of nitrogens with zero attached hydrogens (tertiary/aromatic N) is 5. The highest BCUT2D eigenvalue weighted by Crippen LogP contribution is 2.20. The maximum Gasteiger partial charge on any atom is 0.272 e. The van der Waals surface area contributed by atoms with Crippen LogP contribution in [0.15, 0.2) is 47.3 Å². The molecule has 1 aromatic heterocycles. The van der Waals surface area contributed by atoms with E-state index >= 15 is 0 Å². The van der Waals surface area contributed by atoms with Crippen molar-refractivity contribution in [3.05, 3.63) is 75.5 Å². The van der Waals surface area contributed by atoms with Gasteiger partial charge in [-0.15, -0.1) is 0 Å². The SMILES string of the molecule is CN1CCN(CC(=O)N2CCN(C(=O)c3cc(Cc4n[nH]c(=O)c5ccccc45)ccc3F)CC2)CC1. The average molecular weight is 507 g/mol. The van der Waals surface area contributed by atoms with Gasteiger partial charge in [0, 0.05) is 64.2 Å². The van der Waals surface area contributed by atoms with Gasteiger partial charge < -0.3 is 14.7 Å². The Hall–Kier alpha value is -3.63. The Bertz CT molecular complexity index is 1360. The van der Waals surface area contributed by atoms with E-state index in [1.54, 1.807) is 34.1 Å². The number of aromatic amines is 1. The molecule has 0 atom stereocenters. The first-order valence-electron chi connectivity index (χ1n) is 12.6. The van der Waals surface area contributed by atoms with Crippen LogP contribution >= 0.6 is 0 Å². The van der Waals surface area contributed by atoms with Gasteiger partial charge in [-0.1, -0.05) is 24.3 Å². The van der Waals surface area contributed by atoms with Crippen LogP contribution in [-0.4, -0.2) is 108 Å². The van der Waals surface area contributed by atoms with E-state index in [9.17, 15) is 18.8 Å². The molecule has 2 amide bonds. The van der Waals surface area contributed by atoms with Gasteiger partial charge in [0.2, 0.25) is 5.91 Å². The van der Waals surface area contributed by atoms with Gasteiger partial charge >= 0.3 is 0 Å². The minimum absolute atomic E-state index is 0.00319. The molecule has 0 saturated carbocycles. The van der Waals surface area contributed by atoms with Gasteiger partial charge in [-0.05, 0) is 30.8 Å². The first kappa shape index (κ1) is 25.0. The summed E-state index contributed by atoms with van der Waals surface area (Å²) >= 11 is 0. The lowest BCUT2D eigenvalue weighted by Crippen LogP contribution is -2.54. The Morgan fingerprint density at radius 3 is 2.32 bits per heavy atom. The summed E-state index contributed by atoms with van der Waals surface area (Å²) in [6, 6.07) is 11.7. The number of likely N-dealkylation sites (N-methyl/N-ethyl adjacent to an activating group) is 1. The fourth-order valence-electron chi connectivity index (χ4n) is 4.97. The van der Waals surface area contributed by atoms with Crippen molar-refractivity contribution in [2.75, 3.05) is 66.0 Å². The first-order valence-corrected chi connectivity index (χ1v) is 12.6. The minimum atomic E-state index is -0.582. The van der Waals surface area contributed by atoms with Crippen molar-refractivity contribution >= 4 is 22.6 Å². The highest BCUT2D eigenvalue weighted by Gasteiger charge is 2.28. The van der Waals surface area contributed by atoms with Crippen molar-refractivity contribution < 1.29 is 14.0 Å². The van der Waals surface area contributed by atoms with Gasteiger partial charge in [0.05, 0.1) is 23.2 Å². The summed E-state index contributed by atoms with van der Waals surface area (Å²) in [4.78, 5) is 45.9. The van der Waals surface area contributed by atoms with Crippen molar-refractivity contribution in [1.82, 2.24) is 29.8 Å². The van der Waals surface area contributed by atoms with Crippen LogP contribution in [0.5, 0.6) is 0 Å². The number of amides is 2. The standard InChI is InChI=1S/C27H31FN6O3/c1-31-8-10-32(11-9-31)18-25(35)33-12-14-34(15-13-33)27(37)22-16-19(6-7-23(22)28)17-24-20-4-2-3-5-21(20)26(36)30-29-24/h2-7,16H,8-15,17-18H2,1H3,(H,30,36). The molecule has 3 heterocycles. The summed E-state index contributed by atoms with van der Waals surface area (Å²) in [7, 11) is 2.08. The van der Waals surface area contributed by atoms with Crippen LogP contribution in [0.25, 0.3) is 10.8 Å². The molecule has 9 nitrogen and oxygen atoms in total. The molecule has 2 fully saturated rings. The van der Waals surface area contributed by atoms with Crippen LogP contribution in [0.2, 0.25) is 0 Å². The molecule has 0 radical (unpaired) electrons. The molecule has 3 aromatic rings. The molecule has 0 spiro atoms. The predicted molar refractivity (Wildman–Crippen MR) is 138 cm³/mol. The predicted octanol–water partition coefficient (Wildman–Crippen LogP) is 1.18. The molecule has 2 aliphatic heterocycles. The van der Waals surface area contributed by atoms with Gasteiger partial charge in [-0.25, -0.2) is 9.49 Å². The maximum absolute atomic E-state index is 14.7.